The van der Waals surface area contributed by atoms with Crippen LogP contribution in [0, 0.1) is 57.2 Å². The molecule has 1 unspecified atom stereocenters. The SMILES string of the molecule is CC(C)CCCC(C)[C@H]1CC[C@H]2[C@@H]3CC=C4C[C@@H](O)CC[C@]4(C)[C@H]3CC[C@]12C.N=C(N)N.N=C(N)N.NCC(N)(N)N. The molecule has 42 heavy (non-hydrogen) atoms. The lowest BCUT2D eigenvalue weighted by Crippen LogP contribution is -2.63. The molecule has 0 aliphatic heterocycles. The number of nitrogens with two attached hydrogens (primary N) is 8. The highest BCUT2D eigenvalue weighted by atomic mass is 16.3. The number of aliphatic hydroxyl groups is 1. The van der Waals surface area contributed by atoms with Gasteiger partial charge in [-0.2, -0.15) is 0 Å². The first kappa shape index (κ1) is 38.1. The Morgan fingerprint density at radius 2 is 1.48 bits per heavy atom. The first-order valence-electron chi connectivity index (χ1n) is 15.9. The summed E-state index contributed by atoms with van der Waals surface area (Å²) in [7, 11) is 0. The van der Waals surface area contributed by atoms with E-state index < -0.39 is 5.79 Å². The van der Waals surface area contributed by atoms with E-state index in [0.29, 0.717) is 10.8 Å². The lowest BCUT2D eigenvalue weighted by molar-refractivity contribution is -0.0573. The van der Waals surface area contributed by atoms with Gasteiger partial charge in [-0.05, 0) is 97.7 Å². The fourth-order valence-electron chi connectivity index (χ4n) is 8.67. The second kappa shape index (κ2) is 16.2. The van der Waals surface area contributed by atoms with Gasteiger partial charge in [0.1, 0.15) is 5.79 Å². The maximum absolute atomic E-state index is 10.2. The van der Waals surface area contributed by atoms with Crippen LogP contribution in [0.5, 0.6) is 0 Å². The third-order valence-corrected chi connectivity index (χ3v) is 10.6. The van der Waals surface area contributed by atoms with E-state index in [4.69, 9.17) is 33.8 Å². The zero-order valence-electron chi connectivity index (χ0n) is 27.2. The Hall–Kier alpha value is -1.92. The van der Waals surface area contributed by atoms with Gasteiger partial charge in [0.15, 0.2) is 11.9 Å². The quantitative estimate of drug-likeness (QED) is 0.0931. The van der Waals surface area contributed by atoms with E-state index in [1.807, 2.05) is 0 Å². The summed E-state index contributed by atoms with van der Waals surface area (Å²) >= 11 is 0. The van der Waals surface area contributed by atoms with Crippen LogP contribution < -0.4 is 45.9 Å². The Kier molecular flexibility index (Phi) is 14.7. The first-order valence-corrected chi connectivity index (χ1v) is 15.9. The van der Waals surface area contributed by atoms with Crippen molar-refractivity contribution in [2.24, 2.45) is 92.2 Å². The van der Waals surface area contributed by atoms with Gasteiger partial charge in [-0.3, -0.25) is 10.8 Å². The summed E-state index contributed by atoms with van der Waals surface area (Å²) in [5.74, 6) is 3.61. The Morgan fingerprint density at radius 1 is 0.929 bits per heavy atom. The number of allylic oxidation sites excluding steroid dienone is 1. The smallest absolute Gasteiger partial charge is 0.183 e. The largest absolute Gasteiger partial charge is 0.393 e. The number of fused-ring (bicyclic) bond motifs is 5. The van der Waals surface area contributed by atoms with Crippen molar-refractivity contribution in [2.75, 3.05) is 6.54 Å². The molecule has 0 bridgehead atoms. The van der Waals surface area contributed by atoms with Crippen LogP contribution in [-0.4, -0.2) is 35.5 Å². The Morgan fingerprint density at radius 3 is 1.98 bits per heavy atom. The van der Waals surface area contributed by atoms with Crippen molar-refractivity contribution in [3.05, 3.63) is 11.6 Å². The molecule has 0 saturated heterocycles. The van der Waals surface area contributed by atoms with E-state index in [1.54, 1.807) is 5.57 Å². The summed E-state index contributed by atoms with van der Waals surface area (Å²) < 4.78 is 0. The van der Waals surface area contributed by atoms with Gasteiger partial charge in [0, 0.05) is 6.54 Å². The third-order valence-electron chi connectivity index (χ3n) is 10.6. The molecule has 19 N–H and O–H groups in total. The van der Waals surface area contributed by atoms with Crippen LogP contribution in [0.15, 0.2) is 11.6 Å². The van der Waals surface area contributed by atoms with Gasteiger partial charge in [-0.15, -0.1) is 0 Å². The predicted molar refractivity (Wildman–Crippen MR) is 176 cm³/mol. The van der Waals surface area contributed by atoms with Crippen molar-refractivity contribution in [3.63, 3.8) is 0 Å². The van der Waals surface area contributed by atoms with Gasteiger partial charge < -0.3 is 51.0 Å². The van der Waals surface area contributed by atoms with E-state index in [1.165, 1.54) is 57.8 Å². The van der Waals surface area contributed by atoms with Crippen molar-refractivity contribution in [1.82, 2.24) is 0 Å². The highest BCUT2D eigenvalue weighted by molar-refractivity contribution is 5.72. The number of guanidine groups is 2. The van der Waals surface area contributed by atoms with Gasteiger partial charge >= 0.3 is 0 Å². The molecule has 0 aromatic rings. The standard InChI is InChI=1S/C27H46O.C2H10N4.2CH5N3/c1-18(2)7-6-8-19(3)23-11-12-24-22-10-9-20-17-21(28)13-15-26(20,4)25(22)14-16-27(23,24)5;3-1-2(4,5)6;2*2-1(3)4/h9,18-19,21-25,28H,6-8,10-17H2,1-5H3;1,3-6H2;2*(H5,2,3,4)/t19?,21-,22-,23+,24-,25-,26-,27+;;;/m0.../s1. The van der Waals surface area contributed by atoms with E-state index >= 15 is 0 Å². The lowest BCUT2D eigenvalue weighted by Gasteiger charge is -2.58. The van der Waals surface area contributed by atoms with Gasteiger partial charge in [-0.1, -0.05) is 65.5 Å². The fraction of sp³-hybridized carbons (Fsp3) is 0.871. The van der Waals surface area contributed by atoms with Gasteiger partial charge in [0.25, 0.3) is 0 Å². The molecule has 0 radical (unpaired) electrons. The highest BCUT2D eigenvalue weighted by Gasteiger charge is 2.59. The van der Waals surface area contributed by atoms with E-state index in [9.17, 15) is 5.11 Å². The fourth-order valence-corrected chi connectivity index (χ4v) is 8.67. The van der Waals surface area contributed by atoms with Crippen LogP contribution in [0.2, 0.25) is 0 Å². The molecule has 8 atom stereocenters. The number of rotatable bonds is 6. The summed E-state index contributed by atoms with van der Waals surface area (Å²) in [5.41, 5.74) is 40.3. The molecular weight excluding hydrogens is 528 g/mol. The maximum atomic E-state index is 10.2. The van der Waals surface area contributed by atoms with Crippen LogP contribution >= 0.6 is 0 Å². The molecule has 11 nitrogen and oxygen atoms in total. The molecule has 3 fully saturated rings. The Bertz CT molecular complexity index is 867. The average Bonchev–Trinajstić information content (AvgIpc) is 3.21. The number of aliphatic hydroxyl groups excluding tert-OH is 1. The Labute approximate surface area is 255 Å². The van der Waals surface area contributed by atoms with Crippen molar-refractivity contribution in [1.29, 1.82) is 10.8 Å². The third kappa shape index (κ3) is 11.0. The second-order valence-corrected chi connectivity index (χ2v) is 14.4. The summed E-state index contributed by atoms with van der Waals surface area (Å²) in [6.45, 7) is 12.7. The minimum atomic E-state index is -1.18. The molecule has 4 aliphatic carbocycles. The number of nitrogens with one attached hydrogen (secondary N) is 2. The van der Waals surface area contributed by atoms with Gasteiger partial charge in [0.2, 0.25) is 0 Å². The van der Waals surface area contributed by atoms with Crippen molar-refractivity contribution in [2.45, 2.75) is 117 Å². The van der Waals surface area contributed by atoms with Crippen LogP contribution in [0.4, 0.5) is 0 Å². The number of hydrogen-bond donors (Lipinski definition) is 11. The zero-order chi connectivity index (χ0) is 32.5. The molecule has 4 rings (SSSR count). The molecule has 0 aromatic heterocycles. The van der Waals surface area contributed by atoms with Gasteiger partial charge in [0.05, 0.1) is 6.10 Å². The zero-order valence-corrected chi connectivity index (χ0v) is 27.2. The molecule has 0 amide bonds. The molecular formula is C31H66N10O. The summed E-state index contributed by atoms with van der Waals surface area (Å²) in [6.07, 6.45) is 17.2. The minimum absolute atomic E-state index is 0.0766. The summed E-state index contributed by atoms with van der Waals surface area (Å²) in [6, 6.07) is 0. The topological polar surface area (TPSA) is 276 Å². The van der Waals surface area contributed by atoms with Gasteiger partial charge in [-0.25, -0.2) is 0 Å². The summed E-state index contributed by atoms with van der Waals surface area (Å²) in [5, 5.41) is 22.3. The van der Waals surface area contributed by atoms with E-state index in [0.717, 1.165) is 48.3 Å². The van der Waals surface area contributed by atoms with E-state index in [-0.39, 0.29) is 24.6 Å². The van der Waals surface area contributed by atoms with E-state index in [2.05, 4.69) is 63.6 Å². The predicted octanol–water partition coefficient (Wildman–Crippen LogP) is 2.54. The number of hydrogen-bond acceptors (Lipinski definition) is 7. The average molecular weight is 595 g/mol. The molecule has 4 aliphatic rings. The van der Waals surface area contributed by atoms with Crippen LogP contribution in [0.1, 0.15) is 105 Å². The lowest BCUT2D eigenvalue weighted by atomic mass is 9.47. The van der Waals surface area contributed by atoms with Crippen LogP contribution in [0.25, 0.3) is 0 Å². The van der Waals surface area contributed by atoms with Crippen LogP contribution in [0.3, 0.4) is 0 Å². The monoisotopic (exact) mass is 595 g/mol. The molecule has 0 heterocycles. The second-order valence-electron chi connectivity index (χ2n) is 14.4. The summed E-state index contributed by atoms with van der Waals surface area (Å²) in [4.78, 5) is 0. The molecule has 0 aromatic carbocycles. The Balaban J connectivity index is 0.000000527. The van der Waals surface area contributed by atoms with Crippen LogP contribution in [-0.2, 0) is 0 Å². The van der Waals surface area contributed by atoms with Crippen molar-refractivity contribution in [3.8, 4) is 0 Å². The molecule has 246 valence electrons. The maximum Gasteiger partial charge on any atom is 0.183 e. The minimum Gasteiger partial charge on any atom is -0.393 e. The van der Waals surface area contributed by atoms with Crippen molar-refractivity contribution < 1.29 is 5.11 Å². The molecule has 11 heteroatoms. The molecule has 3 saturated carbocycles. The highest BCUT2D eigenvalue weighted by Crippen LogP contribution is 2.67. The normalized spacial score (nSPS) is 33.9. The molecule has 0 spiro atoms. The first-order chi connectivity index (χ1) is 19.3. The van der Waals surface area contributed by atoms with Crippen molar-refractivity contribution >= 4 is 11.9 Å².